The second kappa shape index (κ2) is 6.37. The van der Waals surface area contributed by atoms with Gasteiger partial charge < -0.3 is 19.3 Å². The number of carboxylic acids is 1. The summed E-state index contributed by atoms with van der Waals surface area (Å²) in [5.74, 6) is 0.171. The van der Waals surface area contributed by atoms with Crippen molar-refractivity contribution >= 4 is 17.6 Å². The zero-order chi connectivity index (χ0) is 15.4. The number of carbonyl (C=O) groups is 1. The summed E-state index contributed by atoms with van der Waals surface area (Å²) in [4.78, 5) is 11.3. The van der Waals surface area contributed by atoms with E-state index in [0.717, 1.165) is 0 Å². The smallest absolute Gasteiger partial charge is 0.339 e. The van der Waals surface area contributed by atoms with Crippen LogP contribution in [0.15, 0.2) is 36.4 Å². The van der Waals surface area contributed by atoms with Crippen molar-refractivity contribution in [3.05, 3.63) is 47.0 Å². The molecule has 0 fully saturated rings. The number of hydrogen-bond donors (Lipinski definition) is 1. The van der Waals surface area contributed by atoms with Gasteiger partial charge >= 0.3 is 5.97 Å². The summed E-state index contributed by atoms with van der Waals surface area (Å²) in [6, 6.07) is 9.47. The molecule has 0 heterocycles. The van der Waals surface area contributed by atoms with Gasteiger partial charge in [-0.3, -0.25) is 0 Å². The summed E-state index contributed by atoms with van der Waals surface area (Å²) in [5, 5.41) is 9.53. The molecule has 0 aliphatic rings. The van der Waals surface area contributed by atoms with Crippen molar-refractivity contribution in [2.45, 2.75) is 0 Å². The molecule has 6 heteroatoms. The Balaban J connectivity index is 2.50. The van der Waals surface area contributed by atoms with Gasteiger partial charge in [-0.05, 0) is 30.3 Å². The van der Waals surface area contributed by atoms with E-state index in [-0.39, 0.29) is 11.3 Å². The van der Waals surface area contributed by atoms with Crippen LogP contribution in [0.4, 0.5) is 0 Å². The standard InChI is InChI=1S/C15H13ClO5/c1-19-12-4-3-5-13(20-2)14(12)21-11-7-6-9(16)8-10(11)15(17)18/h3-8H,1-2H3,(H,17,18). The first-order chi connectivity index (χ1) is 10.1. The van der Waals surface area contributed by atoms with E-state index in [2.05, 4.69) is 0 Å². The highest BCUT2D eigenvalue weighted by Crippen LogP contribution is 2.41. The lowest BCUT2D eigenvalue weighted by Crippen LogP contribution is -2.01. The molecule has 0 spiro atoms. The Hall–Kier alpha value is -2.40. The van der Waals surface area contributed by atoms with E-state index in [0.29, 0.717) is 22.3 Å². The van der Waals surface area contributed by atoms with Crippen LogP contribution in [0.25, 0.3) is 0 Å². The number of benzene rings is 2. The molecule has 0 radical (unpaired) electrons. The van der Waals surface area contributed by atoms with Crippen molar-refractivity contribution in [2.75, 3.05) is 14.2 Å². The number of ether oxygens (including phenoxy) is 3. The number of rotatable bonds is 5. The predicted octanol–water partition coefficient (Wildman–Crippen LogP) is 3.85. The fraction of sp³-hybridized carbons (Fsp3) is 0.133. The summed E-state index contributed by atoms with van der Waals surface area (Å²) in [6.45, 7) is 0. The summed E-state index contributed by atoms with van der Waals surface area (Å²) in [7, 11) is 2.98. The molecule has 0 aromatic heterocycles. The third-order valence-electron chi connectivity index (χ3n) is 2.77. The van der Waals surface area contributed by atoms with Gasteiger partial charge in [-0.2, -0.15) is 0 Å². The molecule has 110 valence electrons. The Labute approximate surface area is 126 Å². The zero-order valence-electron chi connectivity index (χ0n) is 11.4. The number of halogens is 1. The molecule has 0 saturated carbocycles. The Bertz CT molecular complexity index is 647. The van der Waals surface area contributed by atoms with Crippen LogP contribution >= 0.6 is 11.6 Å². The molecule has 5 nitrogen and oxygen atoms in total. The van der Waals surface area contributed by atoms with Crippen LogP contribution in [0.3, 0.4) is 0 Å². The quantitative estimate of drug-likeness (QED) is 0.909. The Morgan fingerprint density at radius 2 is 1.67 bits per heavy atom. The molecule has 0 saturated heterocycles. The molecule has 1 N–H and O–H groups in total. The van der Waals surface area contributed by atoms with Crippen LogP contribution < -0.4 is 14.2 Å². The van der Waals surface area contributed by atoms with Crippen molar-refractivity contribution in [2.24, 2.45) is 0 Å². The van der Waals surface area contributed by atoms with E-state index in [9.17, 15) is 9.90 Å². The minimum Gasteiger partial charge on any atom is -0.493 e. The Morgan fingerprint density at radius 1 is 1.05 bits per heavy atom. The number of hydrogen-bond acceptors (Lipinski definition) is 4. The van der Waals surface area contributed by atoms with Gasteiger partial charge in [-0.15, -0.1) is 0 Å². The van der Waals surface area contributed by atoms with Crippen LogP contribution in [-0.2, 0) is 0 Å². The van der Waals surface area contributed by atoms with Crippen molar-refractivity contribution in [1.82, 2.24) is 0 Å². The van der Waals surface area contributed by atoms with Crippen molar-refractivity contribution in [1.29, 1.82) is 0 Å². The Kier molecular flexibility index (Phi) is 4.55. The van der Waals surface area contributed by atoms with E-state index >= 15 is 0 Å². The number of methoxy groups -OCH3 is 2. The molecule has 0 atom stereocenters. The normalized spacial score (nSPS) is 10.0. The predicted molar refractivity (Wildman–Crippen MR) is 78.0 cm³/mol. The zero-order valence-corrected chi connectivity index (χ0v) is 12.2. The fourth-order valence-corrected chi connectivity index (χ4v) is 1.96. The first-order valence-corrected chi connectivity index (χ1v) is 6.36. The van der Waals surface area contributed by atoms with Crippen LogP contribution in [0, 0.1) is 0 Å². The maximum atomic E-state index is 11.3. The largest absolute Gasteiger partial charge is 0.493 e. The lowest BCUT2D eigenvalue weighted by Gasteiger charge is -2.15. The van der Waals surface area contributed by atoms with E-state index < -0.39 is 5.97 Å². The van der Waals surface area contributed by atoms with Gasteiger partial charge in [0, 0.05) is 5.02 Å². The third-order valence-corrected chi connectivity index (χ3v) is 3.00. The van der Waals surface area contributed by atoms with Gasteiger partial charge in [0.1, 0.15) is 11.3 Å². The summed E-state index contributed by atoms with van der Waals surface area (Å²) in [5.41, 5.74) is -0.0459. The molecule has 21 heavy (non-hydrogen) atoms. The molecule has 2 aromatic carbocycles. The van der Waals surface area contributed by atoms with Crippen LogP contribution in [0.2, 0.25) is 5.02 Å². The minimum atomic E-state index is -1.14. The van der Waals surface area contributed by atoms with Gasteiger partial charge in [-0.1, -0.05) is 17.7 Å². The average molecular weight is 309 g/mol. The average Bonchev–Trinajstić information content (AvgIpc) is 2.48. The molecule has 0 bridgehead atoms. The highest BCUT2D eigenvalue weighted by atomic mass is 35.5. The summed E-state index contributed by atoms with van der Waals surface area (Å²) >= 11 is 5.81. The minimum absolute atomic E-state index is 0.0459. The molecule has 2 aromatic rings. The topological polar surface area (TPSA) is 65.0 Å². The van der Waals surface area contributed by atoms with Crippen molar-refractivity contribution < 1.29 is 24.1 Å². The van der Waals surface area contributed by atoms with Gasteiger partial charge in [0.15, 0.2) is 11.5 Å². The first kappa shape index (κ1) is 15.0. The number of para-hydroxylation sites is 1. The van der Waals surface area contributed by atoms with Crippen molar-refractivity contribution in [3.63, 3.8) is 0 Å². The molecule has 0 amide bonds. The first-order valence-electron chi connectivity index (χ1n) is 5.98. The maximum absolute atomic E-state index is 11.3. The van der Waals surface area contributed by atoms with E-state index in [4.69, 9.17) is 25.8 Å². The molecule has 0 unspecified atom stereocenters. The molecule has 0 aliphatic carbocycles. The summed E-state index contributed by atoms with van der Waals surface area (Å²) in [6.07, 6.45) is 0. The second-order valence-electron chi connectivity index (χ2n) is 4.04. The van der Waals surface area contributed by atoms with Crippen molar-refractivity contribution in [3.8, 4) is 23.0 Å². The lowest BCUT2D eigenvalue weighted by atomic mass is 10.2. The second-order valence-corrected chi connectivity index (χ2v) is 4.48. The number of carboxylic acid groups (broad SMARTS) is 1. The molecular formula is C15H13ClO5. The van der Waals surface area contributed by atoms with Crippen LogP contribution in [0.1, 0.15) is 10.4 Å². The van der Waals surface area contributed by atoms with Gasteiger partial charge in [0.05, 0.1) is 14.2 Å². The maximum Gasteiger partial charge on any atom is 0.339 e. The highest BCUT2D eigenvalue weighted by Gasteiger charge is 2.17. The van der Waals surface area contributed by atoms with E-state index in [1.165, 1.54) is 26.4 Å². The van der Waals surface area contributed by atoms with E-state index in [1.807, 2.05) is 0 Å². The lowest BCUT2D eigenvalue weighted by molar-refractivity contribution is 0.0694. The molecule has 0 aliphatic heterocycles. The highest BCUT2D eigenvalue weighted by molar-refractivity contribution is 6.31. The van der Waals surface area contributed by atoms with Gasteiger partial charge in [-0.25, -0.2) is 4.79 Å². The number of aromatic carboxylic acids is 1. The Morgan fingerprint density at radius 3 is 2.19 bits per heavy atom. The monoisotopic (exact) mass is 308 g/mol. The molecule has 2 rings (SSSR count). The van der Waals surface area contributed by atoms with Crippen LogP contribution in [0.5, 0.6) is 23.0 Å². The fourth-order valence-electron chi connectivity index (χ4n) is 1.79. The summed E-state index contributed by atoms with van der Waals surface area (Å²) < 4.78 is 16.1. The third kappa shape index (κ3) is 3.20. The SMILES string of the molecule is COc1cccc(OC)c1Oc1ccc(Cl)cc1C(=O)O. The van der Waals surface area contributed by atoms with Gasteiger partial charge in [0.25, 0.3) is 0 Å². The van der Waals surface area contributed by atoms with Crippen LogP contribution in [-0.4, -0.2) is 25.3 Å². The van der Waals surface area contributed by atoms with Gasteiger partial charge in [0.2, 0.25) is 5.75 Å². The van der Waals surface area contributed by atoms with E-state index in [1.54, 1.807) is 24.3 Å². The molecular weight excluding hydrogens is 296 g/mol.